The number of amides is 1. The molecule has 2 heterocycles. The summed E-state index contributed by atoms with van der Waals surface area (Å²) in [7, 11) is -9.62. The van der Waals surface area contributed by atoms with Gasteiger partial charge in [0.25, 0.3) is 25.8 Å². The van der Waals surface area contributed by atoms with E-state index >= 15 is 0 Å². The Bertz CT molecular complexity index is 2710. The third-order valence-corrected chi connectivity index (χ3v) is 14.3. The van der Waals surface area contributed by atoms with Gasteiger partial charge in [-0.3, -0.25) is 9.69 Å². The molecule has 0 bridgehead atoms. The van der Waals surface area contributed by atoms with E-state index in [9.17, 15) is 34.8 Å². The molecular weight excluding hydrogens is 867 g/mol. The number of halogens is 4. The number of ether oxygens (including phenoxy) is 2. The highest BCUT2D eigenvalue weighted by atomic mass is 35.5. The minimum Gasteiger partial charge on any atom is -0.456 e. The van der Waals surface area contributed by atoms with Crippen LogP contribution in [0.15, 0.2) is 106 Å². The van der Waals surface area contributed by atoms with Gasteiger partial charge in [-0.25, -0.2) is 21.6 Å². The van der Waals surface area contributed by atoms with Crippen molar-refractivity contribution in [3.63, 3.8) is 0 Å². The molecule has 12 nitrogen and oxygen atoms in total. The maximum absolute atomic E-state index is 13.9. The number of carbonyl (C=O) groups excluding carboxylic acids is 1. The fourth-order valence-corrected chi connectivity index (χ4v) is 9.94. The van der Waals surface area contributed by atoms with Crippen LogP contribution in [0.1, 0.15) is 49.0 Å². The molecule has 7 rings (SSSR count). The van der Waals surface area contributed by atoms with Crippen molar-refractivity contribution in [2.75, 3.05) is 63.2 Å². The number of fused-ring (bicyclic) bond motifs is 1. The first kappa shape index (κ1) is 45.0. The summed E-state index contributed by atoms with van der Waals surface area (Å²) in [6.45, 7) is 8.21. The molecule has 18 heteroatoms. The molecule has 0 radical (unpaired) electrons. The topological polar surface area (TPSA) is 150 Å². The van der Waals surface area contributed by atoms with Gasteiger partial charge in [-0.15, -0.1) is 0 Å². The Labute approximate surface area is 364 Å². The molecule has 0 atom stereocenters. The van der Waals surface area contributed by atoms with E-state index in [1.165, 1.54) is 29.9 Å². The second-order valence-electron chi connectivity index (χ2n) is 16.2. The summed E-state index contributed by atoms with van der Waals surface area (Å²) >= 11 is 6.22. The lowest BCUT2D eigenvalue weighted by atomic mass is 9.72. The van der Waals surface area contributed by atoms with Crippen LogP contribution < -0.4 is 19.7 Å². The van der Waals surface area contributed by atoms with E-state index in [-0.39, 0.29) is 29.9 Å². The minimum atomic E-state index is -6.02. The standard InChI is InChI=1S/C44H47ClF3N5O7S2/c1-43(2)16-14-31(37(27-43)29-4-6-32(45)7-5-29)28-52-19-21-53(22-20-52)33-8-11-36(40(25-33)60-34-9-12-38-30(24-34)15-17-49-38)42(54)51-62(57,58)35-10-13-39(50-18-23-59-3)41(26-35)61(55,56)44(46,47)48/h4-13,15,17,24-26,49-50H,14,16,18-23,27-28H2,1-3H3,(H,51,54). The van der Waals surface area contributed by atoms with Crippen LogP contribution in [0.2, 0.25) is 5.02 Å². The van der Waals surface area contributed by atoms with Gasteiger partial charge < -0.3 is 24.7 Å². The summed E-state index contributed by atoms with van der Waals surface area (Å²) in [6.07, 6.45) is 4.84. The lowest BCUT2D eigenvalue weighted by Crippen LogP contribution is -2.47. The number of benzene rings is 4. The van der Waals surface area contributed by atoms with Gasteiger partial charge in [-0.05, 0) is 103 Å². The Morgan fingerprint density at radius 1 is 0.919 bits per heavy atom. The van der Waals surface area contributed by atoms with E-state index in [2.05, 4.69) is 46.1 Å². The van der Waals surface area contributed by atoms with Crippen molar-refractivity contribution in [3.8, 4) is 11.5 Å². The third kappa shape index (κ3) is 10.1. The van der Waals surface area contributed by atoms with Crippen molar-refractivity contribution in [1.29, 1.82) is 0 Å². The number of piperazine rings is 1. The number of rotatable bonds is 14. The zero-order chi connectivity index (χ0) is 44.5. The first-order chi connectivity index (χ1) is 29.3. The first-order valence-electron chi connectivity index (χ1n) is 19.9. The number of aromatic amines is 1. The predicted molar refractivity (Wildman–Crippen MR) is 234 cm³/mol. The van der Waals surface area contributed by atoms with Crippen molar-refractivity contribution < 1.29 is 44.3 Å². The quantitative estimate of drug-likeness (QED) is 0.0923. The number of carbonyl (C=O) groups is 1. The Morgan fingerprint density at radius 2 is 1.66 bits per heavy atom. The highest BCUT2D eigenvalue weighted by molar-refractivity contribution is 7.92. The predicted octanol–water partition coefficient (Wildman–Crippen LogP) is 8.87. The number of hydrogen-bond donors (Lipinski definition) is 3. The highest BCUT2D eigenvalue weighted by Gasteiger charge is 2.48. The third-order valence-electron chi connectivity index (χ3n) is 11.2. The van der Waals surface area contributed by atoms with E-state index in [1.54, 1.807) is 36.5 Å². The molecule has 62 heavy (non-hydrogen) atoms. The zero-order valence-electron chi connectivity index (χ0n) is 34.3. The highest BCUT2D eigenvalue weighted by Crippen LogP contribution is 2.44. The van der Waals surface area contributed by atoms with Gasteiger partial charge in [0.05, 0.1) is 22.8 Å². The lowest BCUT2D eigenvalue weighted by Gasteiger charge is -2.39. The van der Waals surface area contributed by atoms with Crippen molar-refractivity contribution >= 4 is 65.2 Å². The van der Waals surface area contributed by atoms with Crippen LogP contribution in [0.25, 0.3) is 16.5 Å². The summed E-state index contributed by atoms with van der Waals surface area (Å²) in [5.41, 5.74) is -0.682. The summed E-state index contributed by atoms with van der Waals surface area (Å²) in [4.78, 5) is 19.4. The number of nitrogens with zero attached hydrogens (tertiary/aromatic N) is 2. The normalized spacial score (nSPS) is 16.4. The van der Waals surface area contributed by atoms with Gasteiger partial charge in [0.15, 0.2) is 0 Å². The number of sulfonamides is 1. The number of hydrogen-bond acceptors (Lipinski definition) is 10. The van der Waals surface area contributed by atoms with Gasteiger partial charge in [-0.1, -0.05) is 43.2 Å². The van der Waals surface area contributed by atoms with Gasteiger partial charge in [0.2, 0.25) is 0 Å². The Kier molecular flexibility index (Phi) is 13.0. The van der Waals surface area contributed by atoms with E-state index < -0.39 is 46.8 Å². The monoisotopic (exact) mass is 913 g/mol. The first-order valence-corrected chi connectivity index (χ1v) is 23.3. The summed E-state index contributed by atoms with van der Waals surface area (Å²) in [5, 5.41) is 4.05. The maximum Gasteiger partial charge on any atom is 0.501 e. The summed E-state index contributed by atoms with van der Waals surface area (Å²) in [6, 6.07) is 22.0. The van der Waals surface area contributed by atoms with Crippen LogP contribution in [0, 0.1) is 5.41 Å². The smallest absolute Gasteiger partial charge is 0.456 e. The van der Waals surface area contributed by atoms with E-state index in [0.29, 0.717) is 29.9 Å². The van der Waals surface area contributed by atoms with Crippen LogP contribution in [-0.4, -0.2) is 91.1 Å². The fraction of sp³-hybridized carbons (Fsp3) is 0.341. The van der Waals surface area contributed by atoms with Crippen LogP contribution in [0.5, 0.6) is 11.5 Å². The van der Waals surface area contributed by atoms with E-state index in [0.717, 1.165) is 67.6 Å². The van der Waals surface area contributed by atoms with Crippen molar-refractivity contribution in [2.24, 2.45) is 5.41 Å². The lowest BCUT2D eigenvalue weighted by molar-refractivity contribution is -0.0435. The number of anilines is 2. The molecular formula is C44H47ClF3N5O7S2. The Morgan fingerprint density at radius 3 is 2.37 bits per heavy atom. The van der Waals surface area contributed by atoms with Crippen LogP contribution in [-0.2, 0) is 24.6 Å². The molecule has 0 spiro atoms. The Balaban J connectivity index is 1.14. The van der Waals surface area contributed by atoms with Crippen LogP contribution in [0.4, 0.5) is 24.5 Å². The van der Waals surface area contributed by atoms with Gasteiger partial charge >= 0.3 is 5.51 Å². The molecule has 1 aliphatic carbocycles. The van der Waals surface area contributed by atoms with E-state index in [4.69, 9.17) is 21.1 Å². The number of alkyl halides is 3. The Hall–Kier alpha value is -5.07. The number of methoxy groups -OCH3 is 1. The fourth-order valence-electron chi connectivity index (χ4n) is 7.79. The second kappa shape index (κ2) is 18.0. The molecule has 0 saturated carbocycles. The molecule has 1 amide bonds. The number of H-pyrrole nitrogens is 1. The molecule has 0 unspecified atom stereocenters. The van der Waals surface area contributed by atoms with Gasteiger partial charge in [0.1, 0.15) is 16.4 Å². The number of allylic oxidation sites excluding steroid dienone is 1. The molecule has 4 aromatic carbocycles. The maximum atomic E-state index is 13.9. The van der Waals surface area contributed by atoms with Gasteiger partial charge in [0, 0.05) is 80.3 Å². The average molecular weight is 914 g/mol. The molecule has 1 saturated heterocycles. The zero-order valence-corrected chi connectivity index (χ0v) is 36.7. The minimum absolute atomic E-state index is 0.0177. The van der Waals surface area contributed by atoms with Crippen molar-refractivity contribution in [1.82, 2.24) is 14.6 Å². The second-order valence-corrected chi connectivity index (χ2v) is 20.2. The molecule has 5 aromatic rings. The van der Waals surface area contributed by atoms with E-state index in [1.807, 2.05) is 22.9 Å². The van der Waals surface area contributed by atoms with Gasteiger partial charge in [-0.2, -0.15) is 13.2 Å². The summed E-state index contributed by atoms with van der Waals surface area (Å²) < 4.78 is 107. The molecule has 3 N–H and O–H groups in total. The molecule has 330 valence electrons. The van der Waals surface area contributed by atoms with Crippen molar-refractivity contribution in [3.05, 3.63) is 113 Å². The number of aromatic nitrogens is 1. The largest absolute Gasteiger partial charge is 0.501 e. The molecule has 1 aliphatic heterocycles. The van der Waals surface area contributed by atoms with Crippen LogP contribution >= 0.6 is 11.6 Å². The average Bonchev–Trinajstić information content (AvgIpc) is 3.70. The number of nitrogens with one attached hydrogen (secondary N) is 3. The van der Waals surface area contributed by atoms with Crippen LogP contribution in [0.3, 0.4) is 0 Å². The summed E-state index contributed by atoms with van der Waals surface area (Å²) in [5.74, 6) is -0.773. The SMILES string of the molecule is COCCNc1ccc(S(=O)(=O)NC(=O)c2ccc(N3CCN(CC4=C(c5ccc(Cl)cc5)CC(C)(C)CC4)CC3)cc2Oc2ccc3[nH]ccc3c2)cc1S(=O)(=O)C(F)(F)F. The molecule has 1 aromatic heterocycles. The molecule has 2 aliphatic rings. The number of sulfone groups is 1. The molecule has 1 fully saturated rings. The van der Waals surface area contributed by atoms with Crippen molar-refractivity contribution in [2.45, 2.75) is 48.4 Å².